The van der Waals surface area contributed by atoms with Crippen LogP contribution in [0.4, 0.5) is 0 Å². The summed E-state index contributed by atoms with van der Waals surface area (Å²) in [6.45, 7) is 4.49. The fourth-order valence-electron chi connectivity index (χ4n) is 6.98. The number of aliphatic carboxylic acids is 1. The molecular weight excluding hydrogens is 775 g/mol. The van der Waals surface area contributed by atoms with Crippen molar-refractivity contribution in [2.75, 3.05) is 41.0 Å². The number of esters is 2. The monoisotopic (exact) mass is 868 g/mol. The van der Waals surface area contributed by atoms with Gasteiger partial charge in [0.25, 0.3) is 0 Å². The van der Waals surface area contributed by atoms with Crippen molar-refractivity contribution in [2.24, 2.45) is 0 Å². The van der Waals surface area contributed by atoms with Gasteiger partial charge in [-0.1, -0.05) is 177 Å². The molecule has 0 aromatic heterocycles. The molecule has 356 valence electrons. The van der Waals surface area contributed by atoms with Gasteiger partial charge in [0.05, 0.1) is 40.3 Å². The number of unbranched alkanes of at least 4 members (excludes halogenated alkanes) is 18. The second kappa shape index (κ2) is 44.4. The summed E-state index contributed by atoms with van der Waals surface area (Å²) in [5.74, 6) is -1.82. The highest BCUT2D eigenvalue weighted by Crippen LogP contribution is 2.14. The Bertz CT molecular complexity index is 1240. The van der Waals surface area contributed by atoms with E-state index < -0.39 is 18.1 Å². The van der Waals surface area contributed by atoms with Gasteiger partial charge in [-0.15, -0.1) is 0 Å². The number of ether oxygens (including phenoxy) is 3. The Morgan fingerprint density at radius 1 is 0.500 bits per heavy atom. The van der Waals surface area contributed by atoms with E-state index >= 15 is 0 Å². The summed E-state index contributed by atoms with van der Waals surface area (Å²) in [4.78, 5) is 37.0. The molecule has 0 saturated heterocycles. The van der Waals surface area contributed by atoms with Gasteiger partial charge in [-0.3, -0.25) is 9.59 Å². The first-order chi connectivity index (χ1) is 30.1. The molecule has 0 bridgehead atoms. The van der Waals surface area contributed by atoms with Crippen molar-refractivity contribution in [3.05, 3.63) is 72.9 Å². The molecule has 0 aliphatic carbocycles. The molecule has 0 spiro atoms. The Labute approximate surface area is 381 Å². The first-order valence-electron chi connectivity index (χ1n) is 25.0. The number of carboxylic acids is 1. The molecular formula is C54H93NO7. The summed E-state index contributed by atoms with van der Waals surface area (Å²) < 4.78 is 17.2. The summed E-state index contributed by atoms with van der Waals surface area (Å²) in [6.07, 6.45) is 56.6. The smallest absolute Gasteiger partial charge is 0.306 e. The molecule has 2 atom stereocenters. The van der Waals surface area contributed by atoms with Crippen molar-refractivity contribution in [1.29, 1.82) is 0 Å². The summed E-state index contributed by atoms with van der Waals surface area (Å²) in [5, 5.41) is 11.7. The highest BCUT2D eigenvalue weighted by Gasteiger charge is 2.25. The molecule has 0 radical (unpaired) electrons. The predicted molar refractivity (Wildman–Crippen MR) is 259 cm³/mol. The zero-order valence-electron chi connectivity index (χ0n) is 40.5. The number of carboxylic acid groups (broad SMARTS) is 1. The lowest BCUT2D eigenvalue weighted by Crippen LogP contribution is -2.55. The molecule has 0 aromatic carbocycles. The molecule has 0 rings (SSSR count). The number of quaternary nitrogens is 1. The lowest BCUT2D eigenvalue weighted by atomic mass is 10.1. The van der Waals surface area contributed by atoms with Crippen molar-refractivity contribution in [3.63, 3.8) is 0 Å². The number of rotatable bonds is 44. The van der Waals surface area contributed by atoms with Gasteiger partial charge in [0.15, 0.2) is 6.10 Å². The lowest BCUT2D eigenvalue weighted by molar-refractivity contribution is -0.889. The van der Waals surface area contributed by atoms with Gasteiger partial charge in [-0.2, -0.15) is 0 Å². The SMILES string of the molecule is CC/C=C/C/C=C/C/C=C/C/C=C/C/C=C/CCCC(=O)OC(COCCC(C(=O)[O-])[N+](C)(C)C)COC(=O)CCCCCCCCC/C=C/CCCCCCCCCCCC. The van der Waals surface area contributed by atoms with E-state index in [0.29, 0.717) is 12.8 Å². The van der Waals surface area contributed by atoms with E-state index in [1.165, 1.54) is 103 Å². The van der Waals surface area contributed by atoms with E-state index in [1.54, 1.807) is 21.1 Å². The van der Waals surface area contributed by atoms with E-state index in [-0.39, 0.29) is 49.1 Å². The number of likely N-dealkylation sites (N-methyl/N-ethyl adjacent to an activating group) is 1. The fraction of sp³-hybridized carbons (Fsp3) is 0.722. The van der Waals surface area contributed by atoms with Gasteiger partial charge in [0, 0.05) is 19.3 Å². The van der Waals surface area contributed by atoms with Crippen LogP contribution >= 0.6 is 0 Å². The van der Waals surface area contributed by atoms with Gasteiger partial charge in [-0.05, 0) is 77.0 Å². The Morgan fingerprint density at radius 3 is 1.40 bits per heavy atom. The molecule has 0 saturated carbocycles. The maximum absolute atomic E-state index is 12.7. The Balaban J connectivity index is 4.34. The van der Waals surface area contributed by atoms with E-state index in [4.69, 9.17) is 14.2 Å². The van der Waals surface area contributed by atoms with Gasteiger partial charge in [0.1, 0.15) is 12.6 Å². The van der Waals surface area contributed by atoms with Gasteiger partial charge < -0.3 is 28.6 Å². The molecule has 0 aliphatic rings. The molecule has 0 N–H and O–H groups in total. The van der Waals surface area contributed by atoms with Crippen LogP contribution in [0.3, 0.4) is 0 Å². The predicted octanol–water partition coefficient (Wildman–Crippen LogP) is 13.0. The Kier molecular flexibility index (Phi) is 42.1. The van der Waals surface area contributed by atoms with Crippen molar-refractivity contribution in [3.8, 4) is 0 Å². The molecule has 0 fully saturated rings. The van der Waals surface area contributed by atoms with Crippen LogP contribution < -0.4 is 5.11 Å². The van der Waals surface area contributed by atoms with Crippen LogP contribution in [0.1, 0.15) is 200 Å². The molecule has 0 amide bonds. The molecule has 2 unspecified atom stereocenters. The molecule has 8 nitrogen and oxygen atoms in total. The zero-order valence-corrected chi connectivity index (χ0v) is 40.5. The second-order valence-corrected chi connectivity index (χ2v) is 17.7. The number of carbonyl (C=O) groups excluding carboxylic acids is 3. The largest absolute Gasteiger partial charge is 0.544 e. The van der Waals surface area contributed by atoms with Gasteiger partial charge in [-0.25, -0.2) is 0 Å². The minimum atomic E-state index is -1.14. The van der Waals surface area contributed by atoms with Crippen LogP contribution in [-0.2, 0) is 28.6 Å². The van der Waals surface area contributed by atoms with Crippen molar-refractivity contribution < 1.29 is 38.2 Å². The molecule has 0 aliphatic heterocycles. The van der Waals surface area contributed by atoms with E-state index in [1.807, 2.05) is 0 Å². The molecule has 0 aromatic rings. The summed E-state index contributed by atoms with van der Waals surface area (Å²) in [6, 6.07) is -0.740. The Morgan fingerprint density at radius 2 is 0.919 bits per heavy atom. The van der Waals surface area contributed by atoms with E-state index in [0.717, 1.165) is 57.8 Å². The Hall–Kier alpha value is -3.23. The maximum Gasteiger partial charge on any atom is 0.306 e. The second-order valence-electron chi connectivity index (χ2n) is 17.7. The minimum Gasteiger partial charge on any atom is -0.544 e. The quantitative estimate of drug-likeness (QED) is 0.0260. The number of hydrogen-bond acceptors (Lipinski definition) is 7. The van der Waals surface area contributed by atoms with Crippen LogP contribution in [0.15, 0.2) is 72.9 Å². The number of allylic oxidation sites excluding steroid dienone is 12. The zero-order chi connectivity index (χ0) is 45.6. The average Bonchev–Trinajstić information content (AvgIpc) is 3.23. The normalized spacial score (nSPS) is 13.5. The average molecular weight is 868 g/mol. The molecule has 62 heavy (non-hydrogen) atoms. The van der Waals surface area contributed by atoms with Crippen molar-refractivity contribution >= 4 is 17.9 Å². The maximum atomic E-state index is 12.7. The third kappa shape index (κ3) is 42.1. The van der Waals surface area contributed by atoms with E-state index in [9.17, 15) is 19.5 Å². The van der Waals surface area contributed by atoms with Crippen LogP contribution in [0.25, 0.3) is 0 Å². The van der Waals surface area contributed by atoms with Gasteiger partial charge >= 0.3 is 11.9 Å². The standard InChI is InChI=1S/C54H93NO7/c1-6-8-10-12-14-16-18-20-22-24-25-26-27-29-30-32-34-36-38-40-42-44-52(56)61-49-50(48-60-47-46-51(54(58)59)55(3,4)5)62-53(57)45-43-41-39-37-35-33-31-28-23-21-19-17-15-13-11-9-7-2/h9,11,15,17,21,23,26-27,31,33,37,39,50-51H,6-8,10,12-14,16,18-20,22,24-25,28-30,32,34-36,38,40-49H2,1-5H3/b11-9+,17-15+,23-21+,27-26+,33-31+,39-37+. The first kappa shape index (κ1) is 58.8. The number of nitrogens with zero attached hydrogens (tertiary/aromatic N) is 1. The summed E-state index contributed by atoms with van der Waals surface area (Å²) >= 11 is 0. The fourth-order valence-corrected chi connectivity index (χ4v) is 6.98. The van der Waals surface area contributed by atoms with Gasteiger partial charge in [0.2, 0.25) is 0 Å². The third-order valence-corrected chi connectivity index (χ3v) is 10.8. The van der Waals surface area contributed by atoms with Crippen molar-refractivity contribution in [1.82, 2.24) is 0 Å². The topological polar surface area (TPSA) is 102 Å². The number of carbonyl (C=O) groups is 3. The molecule has 8 heteroatoms. The van der Waals surface area contributed by atoms with Crippen LogP contribution in [0.5, 0.6) is 0 Å². The summed E-state index contributed by atoms with van der Waals surface area (Å²) in [7, 11) is 5.39. The van der Waals surface area contributed by atoms with Crippen LogP contribution in [0, 0.1) is 0 Å². The van der Waals surface area contributed by atoms with E-state index in [2.05, 4.69) is 86.8 Å². The highest BCUT2D eigenvalue weighted by atomic mass is 16.6. The first-order valence-corrected chi connectivity index (χ1v) is 25.0. The minimum absolute atomic E-state index is 0.0137. The lowest BCUT2D eigenvalue weighted by Gasteiger charge is -2.34. The summed E-state index contributed by atoms with van der Waals surface area (Å²) in [5.41, 5.74) is 0. The number of hydrogen-bond donors (Lipinski definition) is 0. The van der Waals surface area contributed by atoms with Crippen molar-refractivity contribution in [2.45, 2.75) is 212 Å². The van der Waals surface area contributed by atoms with Crippen LogP contribution in [-0.4, -0.2) is 75.5 Å². The highest BCUT2D eigenvalue weighted by molar-refractivity contribution is 5.70. The molecule has 0 heterocycles. The van der Waals surface area contributed by atoms with Crippen LogP contribution in [0.2, 0.25) is 0 Å². The third-order valence-electron chi connectivity index (χ3n) is 10.8.